The Hall–Kier alpha value is -1.33. The van der Waals surface area contributed by atoms with Gasteiger partial charge in [-0.05, 0) is 24.6 Å². The Kier molecular flexibility index (Phi) is 4.61. The summed E-state index contributed by atoms with van der Waals surface area (Å²) in [5.74, 6) is -0.324. The molecule has 1 fully saturated rings. The monoisotopic (exact) mass is 287 g/mol. The normalized spacial score (nSPS) is 21.0. The van der Waals surface area contributed by atoms with Crippen LogP contribution in [0.1, 0.15) is 18.6 Å². The molecule has 1 saturated heterocycles. The summed E-state index contributed by atoms with van der Waals surface area (Å²) in [7, 11) is 0. The molecule has 1 unspecified atom stereocenters. The van der Waals surface area contributed by atoms with Crippen molar-refractivity contribution in [2.24, 2.45) is 0 Å². The van der Waals surface area contributed by atoms with E-state index >= 15 is 0 Å². The predicted molar refractivity (Wildman–Crippen MR) is 68.5 cm³/mol. The molecule has 0 radical (unpaired) electrons. The molecule has 1 aliphatic rings. The minimum Gasteiger partial charge on any atom is -0.430 e. The van der Waals surface area contributed by atoms with E-state index in [0.29, 0.717) is 25.3 Å². The molecule has 1 aliphatic heterocycles. The number of hydrogen-bond acceptors (Lipinski definition) is 3. The van der Waals surface area contributed by atoms with E-state index < -0.39 is 11.7 Å². The number of carbonyl (C=O) groups excluding carboxylic acids is 1. The Morgan fingerprint density at radius 1 is 1.63 bits per heavy atom. The van der Waals surface area contributed by atoms with Gasteiger partial charge in [-0.15, -0.1) is 0 Å². The molecule has 19 heavy (non-hydrogen) atoms. The van der Waals surface area contributed by atoms with E-state index in [9.17, 15) is 9.18 Å². The van der Waals surface area contributed by atoms with Gasteiger partial charge in [0.1, 0.15) is 11.9 Å². The van der Waals surface area contributed by atoms with Crippen LogP contribution in [0.4, 0.5) is 9.18 Å². The van der Waals surface area contributed by atoms with Crippen molar-refractivity contribution in [3.63, 3.8) is 0 Å². The van der Waals surface area contributed by atoms with E-state index in [1.807, 2.05) is 0 Å². The van der Waals surface area contributed by atoms with Gasteiger partial charge < -0.3 is 14.4 Å². The number of nitrogens with zero attached hydrogens (tertiary/aromatic N) is 1. The van der Waals surface area contributed by atoms with Gasteiger partial charge in [0.25, 0.3) is 0 Å². The maximum Gasteiger partial charge on any atom is 0.411 e. The summed E-state index contributed by atoms with van der Waals surface area (Å²) >= 11 is 5.62. The Labute approximate surface area is 116 Å². The topological polar surface area (TPSA) is 38.8 Å². The molecule has 0 aromatic heterocycles. The highest BCUT2D eigenvalue weighted by atomic mass is 35.5. The quantitative estimate of drug-likeness (QED) is 0.785. The largest absolute Gasteiger partial charge is 0.430 e. The number of morpholine rings is 1. The molecule has 1 amide bonds. The van der Waals surface area contributed by atoms with Gasteiger partial charge in [-0.25, -0.2) is 9.18 Å². The first-order valence-corrected chi connectivity index (χ1v) is 6.46. The Morgan fingerprint density at radius 3 is 3.11 bits per heavy atom. The third-order valence-corrected chi connectivity index (χ3v) is 2.90. The SMILES string of the molecule is CC(Cl)OC(=O)N1CCO[C@H](c2cccc(F)c2)C1. The number of ether oxygens (including phenoxy) is 2. The number of carbonyl (C=O) groups is 1. The molecule has 1 heterocycles. The van der Waals surface area contributed by atoms with Crippen molar-refractivity contribution < 1.29 is 18.7 Å². The third kappa shape index (κ3) is 3.81. The molecule has 104 valence electrons. The van der Waals surface area contributed by atoms with Crippen LogP contribution in [0.3, 0.4) is 0 Å². The van der Waals surface area contributed by atoms with Crippen molar-refractivity contribution in [1.29, 1.82) is 0 Å². The molecular formula is C13H15ClFNO3. The third-order valence-electron chi connectivity index (χ3n) is 2.81. The van der Waals surface area contributed by atoms with Crippen LogP contribution in [-0.4, -0.2) is 36.3 Å². The molecule has 1 aromatic rings. The number of benzene rings is 1. The van der Waals surface area contributed by atoms with Gasteiger partial charge in [-0.3, -0.25) is 0 Å². The second kappa shape index (κ2) is 6.21. The predicted octanol–water partition coefficient (Wildman–Crippen LogP) is 2.92. The lowest BCUT2D eigenvalue weighted by atomic mass is 10.1. The van der Waals surface area contributed by atoms with Crippen LogP contribution in [0, 0.1) is 5.82 Å². The van der Waals surface area contributed by atoms with Gasteiger partial charge in [0.2, 0.25) is 0 Å². The summed E-state index contributed by atoms with van der Waals surface area (Å²) in [5.41, 5.74) is 0.0272. The molecule has 4 nitrogen and oxygen atoms in total. The van der Waals surface area contributed by atoms with Gasteiger partial charge in [0.05, 0.1) is 13.2 Å². The van der Waals surface area contributed by atoms with Crippen molar-refractivity contribution >= 4 is 17.7 Å². The molecule has 0 saturated carbocycles. The summed E-state index contributed by atoms with van der Waals surface area (Å²) in [6.45, 7) is 2.72. The second-order valence-corrected chi connectivity index (χ2v) is 4.90. The van der Waals surface area contributed by atoms with Crippen LogP contribution in [0.5, 0.6) is 0 Å². The number of rotatable bonds is 2. The van der Waals surface area contributed by atoms with Crippen LogP contribution in [0.2, 0.25) is 0 Å². The minimum atomic E-state index is -0.678. The van der Waals surface area contributed by atoms with Crippen LogP contribution in [0.15, 0.2) is 24.3 Å². The van der Waals surface area contributed by atoms with E-state index in [0.717, 1.165) is 0 Å². The molecule has 2 rings (SSSR count). The molecule has 2 atom stereocenters. The number of hydrogen-bond donors (Lipinski definition) is 0. The summed E-state index contributed by atoms with van der Waals surface area (Å²) < 4.78 is 23.6. The maximum absolute atomic E-state index is 13.2. The zero-order chi connectivity index (χ0) is 13.8. The van der Waals surface area contributed by atoms with Crippen molar-refractivity contribution in [2.75, 3.05) is 19.7 Å². The van der Waals surface area contributed by atoms with Crippen molar-refractivity contribution in [2.45, 2.75) is 18.6 Å². The molecule has 0 spiro atoms. The average Bonchev–Trinajstić information content (AvgIpc) is 2.38. The molecular weight excluding hydrogens is 273 g/mol. The maximum atomic E-state index is 13.2. The zero-order valence-electron chi connectivity index (χ0n) is 10.5. The molecule has 0 bridgehead atoms. The van der Waals surface area contributed by atoms with E-state index in [1.165, 1.54) is 17.0 Å². The zero-order valence-corrected chi connectivity index (χ0v) is 11.3. The lowest BCUT2D eigenvalue weighted by Gasteiger charge is -2.32. The number of amides is 1. The summed E-state index contributed by atoms with van der Waals surface area (Å²) in [4.78, 5) is 13.3. The summed E-state index contributed by atoms with van der Waals surface area (Å²) in [6.07, 6.45) is -0.824. The van der Waals surface area contributed by atoms with E-state index in [4.69, 9.17) is 21.1 Å². The van der Waals surface area contributed by atoms with Crippen LogP contribution in [0.25, 0.3) is 0 Å². The van der Waals surface area contributed by atoms with Crippen molar-refractivity contribution in [3.05, 3.63) is 35.6 Å². The van der Waals surface area contributed by atoms with Gasteiger partial charge >= 0.3 is 6.09 Å². The van der Waals surface area contributed by atoms with Gasteiger partial charge in [-0.2, -0.15) is 0 Å². The molecule has 1 aromatic carbocycles. The summed E-state index contributed by atoms with van der Waals surface area (Å²) in [6, 6.07) is 6.16. The van der Waals surface area contributed by atoms with Gasteiger partial charge in [0.15, 0.2) is 5.56 Å². The first kappa shape index (κ1) is 14.1. The van der Waals surface area contributed by atoms with E-state index in [-0.39, 0.29) is 11.9 Å². The second-order valence-electron chi connectivity index (χ2n) is 4.29. The lowest BCUT2D eigenvalue weighted by molar-refractivity contribution is -0.0297. The fraction of sp³-hybridized carbons (Fsp3) is 0.462. The number of halogens is 2. The lowest BCUT2D eigenvalue weighted by Crippen LogP contribution is -2.43. The highest BCUT2D eigenvalue weighted by molar-refractivity contribution is 6.19. The smallest absolute Gasteiger partial charge is 0.411 e. The minimum absolute atomic E-state index is 0.324. The highest BCUT2D eigenvalue weighted by Gasteiger charge is 2.27. The first-order valence-electron chi connectivity index (χ1n) is 6.03. The first-order chi connectivity index (χ1) is 9.06. The van der Waals surface area contributed by atoms with Gasteiger partial charge in [-0.1, -0.05) is 23.7 Å². The standard InChI is InChI=1S/C13H15ClFNO3/c1-9(14)19-13(17)16-5-6-18-12(8-16)10-3-2-4-11(15)7-10/h2-4,7,9,12H,5-6,8H2,1H3/t9?,12-/m0/s1. The fourth-order valence-electron chi connectivity index (χ4n) is 1.94. The Bertz CT molecular complexity index is 455. The summed E-state index contributed by atoms with van der Waals surface area (Å²) in [5, 5.41) is 0. The molecule has 0 aliphatic carbocycles. The molecule has 0 N–H and O–H groups in total. The average molecular weight is 288 g/mol. The van der Waals surface area contributed by atoms with E-state index in [2.05, 4.69) is 0 Å². The Morgan fingerprint density at radius 2 is 2.42 bits per heavy atom. The molecule has 6 heteroatoms. The van der Waals surface area contributed by atoms with Crippen LogP contribution >= 0.6 is 11.6 Å². The van der Waals surface area contributed by atoms with Crippen molar-refractivity contribution in [3.8, 4) is 0 Å². The fourth-order valence-corrected chi connectivity index (χ4v) is 2.01. The number of alkyl halides is 1. The Balaban J connectivity index is 2.03. The van der Waals surface area contributed by atoms with Crippen LogP contribution in [-0.2, 0) is 9.47 Å². The van der Waals surface area contributed by atoms with E-state index in [1.54, 1.807) is 19.1 Å². The van der Waals surface area contributed by atoms with Crippen LogP contribution < -0.4 is 0 Å². The highest BCUT2D eigenvalue weighted by Crippen LogP contribution is 2.23. The van der Waals surface area contributed by atoms with Gasteiger partial charge in [0, 0.05) is 6.54 Å². The van der Waals surface area contributed by atoms with Crippen molar-refractivity contribution in [1.82, 2.24) is 4.90 Å².